The van der Waals surface area contributed by atoms with Crippen molar-refractivity contribution in [1.82, 2.24) is 16.0 Å². The van der Waals surface area contributed by atoms with Gasteiger partial charge in [0.1, 0.15) is 29.5 Å². The topological polar surface area (TPSA) is 143 Å². The van der Waals surface area contributed by atoms with Gasteiger partial charge in [-0.3, -0.25) is 14.4 Å². The first kappa shape index (κ1) is 26.7. The summed E-state index contributed by atoms with van der Waals surface area (Å²) in [4.78, 5) is 48.4. The van der Waals surface area contributed by atoms with Gasteiger partial charge in [-0.25, -0.2) is 4.79 Å². The van der Waals surface area contributed by atoms with Crippen LogP contribution in [0.2, 0.25) is 0 Å². The molecule has 1 aromatic rings. The van der Waals surface area contributed by atoms with Crippen molar-refractivity contribution in [3.8, 4) is 5.75 Å². The van der Waals surface area contributed by atoms with Gasteiger partial charge in [0.05, 0.1) is 6.54 Å². The van der Waals surface area contributed by atoms with Crippen molar-refractivity contribution < 1.29 is 33.8 Å². The number of aromatic hydroxyl groups is 1. The van der Waals surface area contributed by atoms with Gasteiger partial charge in [0.2, 0.25) is 11.8 Å². The van der Waals surface area contributed by atoms with E-state index in [0.717, 1.165) is 0 Å². The van der Waals surface area contributed by atoms with E-state index < -0.39 is 47.7 Å². The number of amides is 3. The van der Waals surface area contributed by atoms with Gasteiger partial charge in [-0.15, -0.1) is 0 Å². The second-order valence-corrected chi connectivity index (χ2v) is 9.15. The first-order valence-corrected chi connectivity index (χ1v) is 10.2. The van der Waals surface area contributed by atoms with Crippen molar-refractivity contribution >= 4 is 23.9 Å². The van der Waals surface area contributed by atoms with Crippen LogP contribution in [0.3, 0.4) is 0 Å². The second kappa shape index (κ2) is 11.4. The third kappa shape index (κ3) is 11.8. The average molecular weight is 452 g/mol. The molecule has 0 aromatic heterocycles. The smallest absolute Gasteiger partial charge is 0.408 e. The fourth-order valence-electron chi connectivity index (χ4n) is 2.43. The van der Waals surface area contributed by atoms with E-state index in [0.29, 0.717) is 5.56 Å². The fraction of sp³-hybridized carbons (Fsp3) is 0.545. The van der Waals surface area contributed by atoms with Crippen LogP contribution in [0.1, 0.15) is 47.1 Å². The quantitative estimate of drug-likeness (QED) is 0.438. The SMILES string of the molecule is CC(C)(C)OC(=O)CNC(=O)CNC(=O)C(Cc1ccc(O)cc1)NC(=O)OC(C)(C)C. The lowest BCUT2D eigenvalue weighted by molar-refractivity contribution is -0.154. The maximum atomic E-state index is 12.6. The lowest BCUT2D eigenvalue weighted by Gasteiger charge is -2.23. The van der Waals surface area contributed by atoms with E-state index in [1.165, 1.54) is 12.1 Å². The Labute approximate surface area is 188 Å². The molecular weight excluding hydrogens is 418 g/mol. The number of hydrogen-bond acceptors (Lipinski definition) is 7. The normalized spacial score (nSPS) is 12.3. The van der Waals surface area contributed by atoms with Crippen LogP contribution in [0.5, 0.6) is 5.75 Å². The Morgan fingerprint density at radius 2 is 1.44 bits per heavy atom. The van der Waals surface area contributed by atoms with E-state index in [1.807, 2.05) is 0 Å². The summed E-state index contributed by atoms with van der Waals surface area (Å²) in [7, 11) is 0. The average Bonchev–Trinajstić information content (AvgIpc) is 2.62. The number of carbonyl (C=O) groups is 4. The molecule has 10 heteroatoms. The van der Waals surface area contributed by atoms with Gasteiger partial charge in [0.15, 0.2) is 0 Å². The first-order chi connectivity index (χ1) is 14.6. The Balaban J connectivity index is 2.69. The maximum absolute atomic E-state index is 12.6. The fourth-order valence-corrected chi connectivity index (χ4v) is 2.43. The van der Waals surface area contributed by atoms with Crippen LogP contribution in [0, 0.1) is 0 Å². The van der Waals surface area contributed by atoms with Gasteiger partial charge in [0, 0.05) is 6.42 Å². The Morgan fingerprint density at radius 3 is 1.97 bits per heavy atom. The first-order valence-electron chi connectivity index (χ1n) is 10.2. The van der Waals surface area contributed by atoms with Crippen LogP contribution in [0.15, 0.2) is 24.3 Å². The summed E-state index contributed by atoms with van der Waals surface area (Å²) < 4.78 is 10.3. The Kier molecular flexibility index (Phi) is 9.49. The summed E-state index contributed by atoms with van der Waals surface area (Å²) in [6.45, 7) is 9.46. The van der Waals surface area contributed by atoms with E-state index in [-0.39, 0.29) is 18.7 Å². The van der Waals surface area contributed by atoms with Crippen molar-refractivity contribution in [3.63, 3.8) is 0 Å². The molecule has 1 atom stereocenters. The molecule has 32 heavy (non-hydrogen) atoms. The number of phenolic OH excluding ortho intramolecular Hbond substituents is 1. The number of hydrogen-bond donors (Lipinski definition) is 4. The minimum atomic E-state index is -1.03. The van der Waals surface area contributed by atoms with E-state index in [9.17, 15) is 24.3 Å². The summed E-state index contributed by atoms with van der Waals surface area (Å²) in [5.41, 5.74) is -0.760. The molecular formula is C22H33N3O7. The molecule has 10 nitrogen and oxygen atoms in total. The van der Waals surface area contributed by atoms with E-state index in [4.69, 9.17) is 9.47 Å². The summed E-state index contributed by atoms with van der Waals surface area (Å²) in [5, 5.41) is 16.7. The number of phenols is 1. The van der Waals surface area contributed by atoms with E-state index >= 15 is 0 Å². The van der Waals surface area contributed by atoms with Crippen molar-refractivity contribution in [2.45, 2.75) is 65.2 Å². The highest BCUT2D eigenvalue weighted by Crippen LogP contribution is 2.12. The molecule has 0 aliphatic rings. The predicted octanol–water partition coefficient (Wildman–Crippen LogP) is 1.40. The summed E-state index contributed by atoms with van der Waals surface area (Å²) in [5.74, 6) is -1.74. The van der Waals surface area contributed by atoms with Gasteiger partial charge < -0.3 is 30.5 Å². The monoisotopic (exact) mass is 451 g/mol. The summed E-state index contributed by atoms with van der Waals surface area (Å²) >= 11 is 0. The molecule has 0 saturated carbocycles. The minimum absolute atomic E-state index is 0.0662. The molecule has 1 aromatic carbocycles. The van der Waals surface area contributed by atoms with Gasteiger partial charge in [-0.05, 0) is 59.2 Å². The van der Waals surface area contributed by atoms with Crippen LogP contribution < -0.4 is 16.0 Å². The third-order valence-electron chi connectivity index (χ3n) is 3.66. The zero-order valence-electron chi connectivity index (χ0n) is 19.4. The molecule has 0 aliphatic heterocycles. The van der Waals surface area contributed by atoms with Crippen LogP contribution >= 0.6 is 0 Å². The molecule has 1 rings (SSSR count). The zero-order chi connectivity index (χ0) is 24.5. The Hall–Kier alpha value is -3.30. The highest BCUT2D eigenvalue weighted by molar-refractivity contribution is 5.90. The molecule has 0 aliphatic carbocycles. The zero-order valence-corrected chi connectivity index (χ0v) is 19.4. The molecule has 0 saturated heterocycles. The number of alkyl carbamates (subject to hydrolysis) is 1. The number of rotatable bonds is 8. The van der Waals surface area contributed by atoms with Gasteiger partial charge in [-0.2, -0.15) is 0 Å². The van der Waals surface area contributed by atoms with Gasteiger partial charge >= 0.3 is 12.1 Å². The molecule has 4 N–H and O–H groups in total. The molecule has 178 valence electrons. The van der Waals surface area contributed by atoms with Crippen molar-refractivity contribution in [1.29, 1.82) is 0 Å². The third-order valence-corrected chi connectivity index (χ3v) is 3.66. The maximum Gasteiger partial charge on any atom is 0.408 e. The number of ether oxygens (including phenoxy) is 2. The number of nitrogens with one attached hydrogen (secondary N) is 3. The Bertz CT molecular complexity index is 808. The number of carbonyl (C=O) groups excluding carboxylic acids is 4. The van der Waals surface area contributed by atoms with E-state index in [2.05, 4.69) is 16.0 Å². The molecule has 3 amide bonds. The van der Waals surface area contributed by atoms with Crippen LogP contribution in [0.4, 0.5) is 4.79 Å². The molecule has 1 unspecified atom stereocenters. The summed E-state index contributed by atoms with van der Waals surface area (Å²) in [6, 6.07) is 5.11. The van der Waals surface area contributed by atoms with Crippen molar-refractivity contribution in [3.05, 3.63) is 29.8 Å². The van der Waals surface area contributed by atoms with Crippen molar-refractivity contribution in [2.75, 3.05) is 13.1 Å². The molecule has 0 radical (unpaired) electrons. The Morgan fingerprint density at radius 1 is 0.875 bits per heavy atom. The molecule has 0 heterocycles. The van der Waals surface area contributed by atoms with Crippen molar-refractivity contribution in [2.24, 2.45) is 0 Å². The van der Waals surface area contributed by atoms with Gasteiger partial charge in [-0.1, -0.05) is 12.1 Å². The largest absolute Gasteiger partial charge is 0.508 e. The number of benzene rings is 1. The highest BCUT2D eigenvalue weighted by atomic mass is 16.6. The second-order valence-electron chi connectivity index (χ2n) is 9.15. The lowest BCUT2D eigenvalue weighted by Crippen LogP contribution is -2.51. The standard InChI is InChI=1S/C22H33N3O7/c1-21(2,3)31-18(28)13-23-17(27)12-24-19(29)16(25-20(30)32-22(4,5)6)11-14-7-9-15(26)10-8-14/h7-10,16,26H,11-13H2,1-6H3,(H,23,27)(H,24,29)(H,25,30). The van der Waals surface area contributed by atoms with E-state index in [1.54, 1.807) is 53.7 Å². The highest BCUT2D eigenvalue weighted by Gasteiger charge is 2.25. The molecule has 0 bridgehead atoms. The molecule has 0 spiro atoms. The minimum Gasteiger partial charge on any atom is -0.508 e. The number of esters is 1. The van der Waals surface area contributed by atoms with Crippen LogP contribution in [-0.4, -0.2) is 59.3 Å². The van der Waals surface area contributed by atoms with Gasteiger partial charge in [0.25, 0.3) is 0 Å². The molecule has 0 fully saturated rings. The summed E-state index contributed by atoms with van der Waals surface area (Å²) in [6.07, 6.45) is -0.684. The lowest BCUT2D eigenvalue weighted by atomic mass is 10.1. The van der Waals surface area contributed by atoms with Crippen LogP contribution in [0.25, 0.3) is 0 Å². The predicted molar refractivity (Wildman–Crippen MR) is 117 cm³/mol. The van der Waals surface area contributed by atoms with Crippen LogP contribution in [-0.2, 0) is 30.3 Å².